The zero-order chi connectivity index (χ0) is 13.5. The fraction of sp³-hybridized carbons (Fsp3) is 0.500. The molecule has 0 fully saturated rings. The molecule has 4 heteroatoms. The SMILES string of the molecule is CCCC(Oc1ccc(C(N)CC)cc1)C(=O)O. The lowest BCUT2D eigenvalue weighted by molar-refractivity contribution is -0.145. The highest BCUT2D eigenvalue weighted by Crippen LogP contribution is 2.20. The quantitative estimate of drug-likeness (QED) is 0.781. The van der Waals surface area contributed by atoms with Gasteiger partial charge in [-0.3, -0.25) is 0 Å². The minimum Gasteiger partial charge on any atom is -0.479 e. The molecule has 3 N–H and O–H groups in total. The molecule has 0 amide bonds. The molecule has 1 aromatic rings. The minimum absolute atomic E-state index is 0.0185. The number of rotatable bonds is 7. The summed E-state index contributed by atoms with van der Waals surface area (Å²) in [5.74, 6) is -0.353. The van der Waals surface area contributed by atoms with E-state index in [1.165, 1.54) is 0 Å². The molecule has 0 radical (unpaired) electrons. The summed E-state index contributed by atoms with van der Waals surface area (Å²) in [5, 5.41) is 9.00. The molecule has 2 unspecified atom stereocenters. The van der Waals surface area contributed by atoms with Gasteiger partial charge in [0.25, 0.3) is 0 Å². The number of aliphatic carboxylic acids is 1. The maximum Gasteiger partial charge on any atom is 0.344 e. The van der Waals surface area contributed by atoms with Gasteiger partial charge in [0.15, 0.2) is 6.10 Å². The standard InChI is InChI=1S/C14H21NO3/c1-3-5-13(14(16)17)18-11-8-6-10(7-9-11)12(15)4-2/h6-9,12-13H,3-5,15H2,1-2H3,(H,16,17). The monoisotopic (exact) mass is 251 g/mol. The third-order valence-corrected chi connectivity index (χ3v) is 2.85. The summed E-state index contributed by atoms with van der Waals surface area (Å²) in [7, 11) is 0. The zero-order valence-electron chi connectivity index (χ0n) is 10.9. The van der Waals surface area contributed by atoms with E-state index in [0.29, 0.717) is 12.2 Å². The molecule has 0 aliphatic carbocycles. The molecule has 0 bridgehead atoms. The maximum atomic E-state index is 11.0. The summed E-state index contributed by atoms with van der Waals surface area (Å²) in [4.78, 5) is 11.0. The number of carbonyl (C=O) groups is 1. The lowest BCUT2D eigenvalue weighted by Gasteiger charge is -2.15. The van der Waals surface area contributed by atoms with Gasteiger partial charge < -0.3 is 15.6 Å². The van der Waals surface area contributed by atoms with E-state index in [-0.39, 0.29) is 6.04 Å². The number of carboxylic acid groups (broad SMARTS) is 1. The topological polar surface area (TPSA) is 72.5 Å². The average molecular weight is 251 g/mol. The van der Waals surface area contributed by atoms with E-state index in [1.807, 2.05) is 26.0 Å². The fourth-order valence-corrected chi connectivity index (χ4v) is 1.69. The van der Waals surface area contributed by atoms with Crippen molar-refractivity contribution in [3.8, 4) is 5.75 Å². The van der Waals surface area contributed by atoms with Gasteiger partial charge in [-0.25, -0.2) is 4.79 Å². The molecule has 0 spiro atoms. The van der Waals surface area contributed by atoms with Crippen molar-refractivity contribution in [3.63, 3.8) is 0 Å². The molecule has 1 rings (SSSR count). The summed E-state index contributed by atoms with van der Waals surface area (Å²) in [6.45, 7) is 3.96. The van der Waals surface area contributed by atoms with Crippen molar-refractivity contribution in [2.75, 3.05) is 0 Å². The molecule has 0 aliphatic rings. The largest absolute Gasteiger partial charge is 0.479 e. The van der Waals surface area contributed by atoms with Crippen molar-refractivity contribution >= 4 is 5.97 Å². The van der Waals surface area contributed by atoms with E-state index >= 15 is 0 Å². The molecule has 0 saturated heterocycles. The van der Waals surface area contributed by atoms with Crippen LogP contribution in [0.3, 0.4) is 0 Å². The van der Waals surface area contributed by atoms with Crippen LogP contribution in [0.2, 0.25) is 0 Å². The summed E-state index contributed by atoms with van der Waals surface area (Å²) >= 11 is 0. The van der Waals surface area contributed by atoms with E-state index in [4.69, 9.17) is 15.6 Å². The number of benzene rings is 1. The van der Waals surface area contributed by atoms with Crippen LogP contribution in [0.15, 0.2) is 24.3 Å². The number of carboxylic acids is 1. The molecule has 18 heavy (non-hydrogen) atoms. The van der Waals surface area contributed by atoms with Gasteiger partial charge in [0, 0.05) is 6.04 Å². The average Bonchev–Trinajstić information content (AvgIpc) is 2.38. The third kappa shape index (κ3) is 4.04. The highest BCUT2D eigenvalue weighted by molar-refractivity contribution is 5.72. The van der Waals surface area contributed by atoms with Crippen LogP contribution in [-0.2, 0) is 4.79 Å². The molecule has 4 nitrogen and oxygen atoms in total. The van der Waals surface area contributed by atoms with Gasteiger partial charge >= 0.3 is 5.97 Å². The Morgan fingerprint density at radius 2 is 1.94 bits per heavy atom. The predicted molar refractivity (Wildman–Crippen MR) is 70.6 cm³/mol. The van der Waals surface area contributed by atoms with Crippen molar-refractivity contribution < 1.29 is 14.6 Å². The first-order valence-corrected chi connectivity index (χ1v) is 6.33. The summed E-state index contributed by atoms with van der Waals surface area (Å²) in [5.41, 5.74) is 6.94. The van der Waals surface area contributed by atoms with Gasteiger partial charge in [-0.1, -0.05) is 32.4 Å². The van der Waals surface area contributed by atoms with E-state index in [0.717, 1.165) is 18.4 Å². The first-order valence-electron chi connectivity index (χ1n) is 6.33. The van der Waals surface area contributed by atoms with Gasteiger partial charge in [0.2, 0.25) is 0 Å². The fourth-order valence-electron chi connectivity index (χ4n) is 1.69. The molecule has 0 aromatic heterocycles. The Labute approximate surface area is 108 Å². The highest BCUT2D eigenvalue weighted by Gasteiger charge is 2.18. The Morgan fingerprint density at radius 1 is 1.33 bits per heavy atom. The Balaban J connectivity index is 2.70. The first kappa shape index (κ1) is 14.5. The first-order chi connectivity index (χ1) is 8.58. The Morgan fingerprint density at radius 3 is 2.39 bits per heavy atom. The molecule has 0 saturated carbocycles. The summed E-state index contributed by atoms with van der Waals surface area (Å²) in [6, 6.07) is 7.33. The van der Waals surface area contributed by atoms with Crippen molar-refractivity contribution in [2.45, 2.75) is 45.3 Å². The van der Waals surface area contributed by atoms with E-state index in [2.05, 4.69) is 0 Å². The van der Waals surface area contributed by atoms with Crippen LogP contribution < -0.4 is 10.5 Å². The van der Waals surface area contributed by atoms with Crippen LogP contribution in [0.25, 0.3) is 0 Å². The third-order valence-electron chi connectivity index (χ3n) is 2.85. The van der Waals surface area contributed by atoms with Crippen LogP contribution in [-0.4, -0.2) is 17.2 Å². The summed E-state index contributed by atoms with van der Waals surface area (Å²) < 4.78 is 5.44. The molecular weight excluding hydrogens is 230 g/mol. The minimum atomic E-state index is -0.925. The van der Waals surface area contributed by atoms with Crippen LogP contribution in [0.5, 0.6) is 5.75 Å². The number of hydrogen-bond acceptors (Lipinski definition) is 3. The molecule has 0 aliphatic heterocycles. The van der Waals surface area contributed by atoms with Gasteiger partial charge in [0.05, 0.1) is 0 Å². The maximum absolute atomic E-state index is 11.0. The normalized spacial score (nSPS) is 13.9. The molecular formula is C14H21NO3. The second-order valence-electron chi connectivity index (χ2n) is 4.32. The second-order valence-corrected chi connectivity index (χ2v) is 4.32. The van der Waals surface area contributed by atoms with E-state index in [1.54, 1.807) is 12.1 Å². The molecule has 2 atom stereocenters. The second kappa shape index (κ2) is 7.01. The van der Waals surface area contributed by atoms with Crippen molar-refractivity contribution in [3.05, 3.63) is 29.8 Å². The smallest absolute Gasteiger partial charge is 0.344 e. The van der Waals surface area contributed by atoms with Gasteiger partial charge in [-0.2, -0.15) is 0 Å². The lowest BCUT2D eigenvalue weighted by Crippen LogP contribution is -2.26. The van der Waals surface area contributed by atoms with Crippen LogP contribution in [0, 0.1) is 0 Å². The number of ether oxygens (including phenoxy) is 1. The van der Waals surface area contributed by atoms with Gasteiger partial charge in [-0.05, 0) is 30.5 Å². The van der Waals surface area contributed by atoms with Crippen LogP contribution >= 0.6 is 0 Å². The van der Waals surface area contributed by atoms with Gasteiger partial charge in [0.1, 0.15) is 5.75 Å². The lowest BCUT2D eigenvalue weighted by atomic mass is 10.1. The Bertz CT molecular complexity index is 375. The molecule has 1 aromatic carbocycles. The number of nitrogens with two attached hydrogens (primary N) is 1. The summed E-state index contributed by atoms with van der Waals surface area (Å²) in [6.07, 6.45) is 1.37. The van der Waals surface area contributed by atoms with Gasteiger partial charge in [-0.15, -0.1) is 0 Å². The Kier molecular flexibility index (Phi) is 5.65. The molecule has 100 valence electrons. The van der Waals surface area contributed by atoms with Crippen LogP contribution in [0.1, 0.15) is 44.7 Å². The van der Waals surface area contributed by atoms with E-state index < -0.39 is 12.1 Å². The Hall–Kier alpha value is -1.55. The molecule has 0 heterocycles. The highest BCUT2D eigenvalue weighted by atomic mass is 16.5. The number of hydrogen-bond donors (Lipinski definition) is 2. The zero-order valence-corrected chi connectivity index (χ0v) is 10.9. The van der Waals surface area contributed by atoms with Crippen LogP contribution in [0.4, 0.5) is 0 Å². The van der Waals surface area contributed by atoms with Crippen molar-refractivity contribution in [1.82, 2.24) is 0 Å². The van der Waals surface area contributed by atoms with E-state index in [9.17, 15) is 4.79 Å². The van der Waals surface area contributed by atoms with Crippen molar-refractivity contribution in [2.24, 2.45) is 5.73 Å². The predicted octanol–water partition coefficient (Wildman–Crippen LogP) is 2.73. The van der Waals surface area contributed by atoms with Crippen molar-refractivity contribution in [1.29, 1.82) is 0 Å².